The Kier molecular flexibility index (Phi) is 11.3. The summed E-state index contributed by atoms with van der Waals surface area (Å²) in [4.78, 5) is 33.3. The second kappa shape index (κ2) is 16.5. The van der Waals surface area contributed by atoms with Crippen molar-refractivity contribution >= 4 is 33.5 Å². The molecule has 11 nitrogen and oxygen atoms in total. The number of likely N-dealkylation sites (tertiary alicyclic amines) is 1. The lowest BCUT2D eigenvalue weighted by Gasteiger charge is -2.40. The maximum atomic E-state index is 13.9. The van der Waals surface area contributed by atoms with Crippen molar-refractivity contribution in [2.24, 2.45) is 0 Å². The third-order valence-electron chi connectivity index (χ3n) is 10.3. The minimum Gasteiger partial charge on any atom is -0.480 e. The van der Waals surface area contributed by atoms with Gasteiger partial charge in [-0.2, -0.15) is 28.4 Å². The van der Waals surface area contributed by atoms with Crippen molar-refractivity contribution in [3.8, 4) is 29.1 Å². The highest BCUT2D eigenvalue weighted by Gasteiger charge is 2.34. The lowest BCUT2D eigenvalue weighted by atomic mass is 9.97. The number of fused-ring (bicyclic) bond motifs is 2. The summed E-state index contributed by atoms with van der Waals surface area (Å²) in [6.45, 7) is 2.79. The van der Waals surface area contributed by atoms with Gasteiger partial charge in [-0.1, -0.05) is 66.7 Å². The number of anilines is 1. The Hall–Kier alpha value is -5.52. The summed E-state index contributed by atoms with van der Waals surface area (Å²) in [5.41, 5.74) is 2.74. The van der Waals surface area contributed by atoms with Gasteiger partial charge in [0.2, 0.25) is 0 Å². The fourth-order valence-electron chi connectivity index (χ4n) is 7.45. The number of piperazine rings is 1. The van der Waals surface area contributed by atoms with Gasteiger partial charge >= 0.3 is 18.2 Å². The summed E-state index contributed by atoms with van der Waals surface area (Å²) in [5, 5.41) is 11.9. The van der Waals surface area contributed by atoms with Crippen LogP contribution in [0.3, 0.4) is 0 Å². The highest BCUT2D eigenvalue weighted by atomic mass is 19.4. The van der Waals surface area contributed by atoms with Crippen molar-refractivity contribution in [2.75, 3.05) is 57.9 Å². The molecular formula is C41H42F3N7O4. The van der Waals surface area contributed by atoms with Crippen molar-refractivity contribution in [1.82, 2.24) is 24.8 Å². The smallest absolute Gasteiger partial charge is 0.422 e. The molecule has 0 unspecified atom stereocenters. The van der Waals surface area contributed by atoms with E-state index < -0.39 is 18.8 Å². The fraction of sp³-hybridized carbons (Fsp3) is 0.390. The maximum Gasteiger partial charge on any atom is 0.422 e. The quantitative estimate of drug-likeness (QED) is 0.127. The lowest BCUT2D eigenvalue weighted by molar-refractivity contribution is -0.153. The Bertz CT molecular complexity index is 2190. The van der Waals surface area contributed by atoms with Gasteiger partial charge in [0.1, 0.15) is 30.2 Å². The molecule has 5 aromatic rings. The van der Waals surface area contributed by atoms with Gasteiger partial charge in [0.25, 0.3) is 0 Å². The Morgan fingerprint density at radius 2 is 1.78 bits per heavy atom. The predicted octanol–water partition coefficient (Wildman–Crippen LogP) is 6.72. The van der Waals surface area contributed by atoms with Crippen LogP contribution in [0.25, 0.3) is 32.9 Å². The molecule has 0 N–H and O–H groups in total. The normalized spacial score (nSPS) is 18.1. The number of aromatic nitrogens is 3. The number of pyridine rings is 1. The zero-order valence-corrected chi connectivity index (χ0v) is 30.8. The van der Waals surface area contributed by atoms with Gasteiger partial charge in [0, 0.05) is 43.5 Å². The van der Waals surface area contributed by atoms with Crippen LogP contribution in [0.2, 0.25) is 0 Å². The Labute approximate surface area is 317 Å². The molecule has 0 spiro atoms. The van der Waals surface area contributed by atoms with Crippen LogP contribution in [0, 0.1) is 18.3 Å². The van der Waals surface area contributed by atoms with Crippen LogP contribution in [-0.4, -0.2) is 102 Å². The van der Waals surface area contributed by atoms with Gasteiger partial charge in [0.05, 0.1) is 24.4 Å². The molecule has 55 heavy (non-hydrogen) atoms. The largest absolute Gasteiger partial charge is 0.480 e. The Morgan fingerprint density at radius 3 is 2.53 bits per heavy atom. The van der Waals surface area contributed by atoms with Gasteiger partial charge in [-0.05, 0) is 55.3 Å². The molecule has 2 fully saturated rings. The first-order valence-corrected chi connectivity index (χ1v) is 18.4. The molecule has 7 rings (SSSR count). The number of rotatable bonds is 12. The molecule has 3 aromatic carbocycles. The van der Waals surface area contributed by atoms with Gasteiger partial charge in [-0.15, -0.1) is 0 Å². The zero-order valence-electron chi connectivity index (χ0n) is 30.8. The molecule has 2 aliphatic heterocycles. The monoisotopic (exact) mass is 753 g/mol. The maximum absolute atomic E-state index is 13.9. The van der Waals surface area contributed by atoms with E-state index in [1.165, 1.54) is 0 Å². The SMILES string of the molecule is Cc1cccc2cccc(-c3ncc4c(N5CCN(CC(=O)OCc6ccccc6)[C@@H](CC#N)C5)nc(OC[C@@H]5CCCN5C)nc4c3OCC(F)(F)F)c12. The van der Waals surface area contributed by atoms with E-state index in [0.29, 0.717) is 36.4 Å². The number of nitrogens with zero attached hydrogens (tertiary/aromatic N) is 7. The van der Waals surface area contributed by atoms with E-state index in [2.05, 4.69) is 11.0 Å². The average Bonchev–Trinajstić information content (AvgIpc) is 3.59. The highest BCUT2D eigenvalue weighted by molar-refractivity contribution is 6.03. The topological polar surface area (TPSA) is 117 Å². The molecule has 2 aromatic heterocycles. The Morgan fingerprint density at radius 1 is 0.982 bits per heavy atom. The number of ether oxygens (including phenoxy) is 3. The number of carbonyl (C=O) groups excluding carboxylic acids is 1. The van der Waals surface area contributed by atoms with Gasteiger partial charge in [0.15, 0.2) is 12.4 Å². The molecule has 0 radical (unpaired) electrons. The van der Waals surface area contributed by atoms with Crippen LogP contribution >= 0.6 is 0 Å². The van der Waals surface area contributed by atoms with E-state index in [4.69, 9.17) is 29.2 Å². The van der Waals surface area contributed by atoms with Crippen molar-refractivity contribution < 1.29 is 32.2 Å². The van der Waals surface area contributed by atoms with Gasteiger partial charge in [-0.3, -0.25) is 14.7 Å². The highest BCUT2D eigenvalue weighted by Crippen LogP contribution is 2.42. The van der Waals surface area contributed by atoms with Crippen LogP contribution in [-0.2, 0) is 16.1 Å². The van der Waals surface area contributed by atoms with Crippen molar-refractivity contribution in [1.29, 1.82) is 5.26 Å². The number of likely N-dealkylation sites (N-methyl/N-ethyl adjacent to an activating group) is 1. The van der Waals surface area contributed by atoms with E-state index in [9.17, 15) is 23.2 Å². The van der Waals surface area contributed by atoms with E-state index in [1.54, 1.807) is 6.20 Å². The minimum atomic E-state index is -4.64. The number of hydrogen-bond donors (Lipinski definition) is 0. The summed E-state index contributed by atoms with van der Waals surface area (Å²) in [6, 6.07) is 22.8. The third kappa shape index (κ3) is 8.74. The van der Waals surface area contributed by atoms with Crippen molar-refractivity contribution in [2.45, 2.75) is 51.1 Å². The zero-order chi connectivity index (χ0) is 38.5. The first-order chi connectivity index (χ1) is 26.6. The summed E-state index contributed by atoms with van der Waals surface area (Å²) < 4.78 is 59.0. The summed E-state index contributed by atoms with van der Waals surface area (Å²) >= 11 is 0. The second-order valence-electron chi connectivity index (χ2n) is 14.1. The number of alkyl halides is 3. The van der Waals surface area contributed by atoms with Crippen LogP contribution in [0.4, 0.5) is 19.0 Å². The first-order valence-electron chi connectivity index (χ1n) is 18.4. The number of hydrogen-bond acceptors (Lipinski definition) is 11. The van der Waals surface area contributed by atoms with Crippen LogP contribution in [0.5, 0.6) is 11.8 Å². The lowest BCUT2D eigenvalue weighted by Crippen LogP contribution is -2.54. The van der Waals surface area contributed by atoms with Crippen molar-refractivity contribution in [3.05, 3.63) is 84.1 Å². The van der Waals surface area contributed by atoms with Crippen LogP contribution in [0.15, 0.2) is 72.9 Å². The molecular weight excluding hydrogens is 711 g/mol. The molecule has 2 aliphatic rings. The standard InChI is InChI=1S/C41H42F3N7O4/c1-27-9-6-12-29-13-7-15-32(35(27)29)36-38(55-26-41(42,43)44)37-33(21-46-36)39(48-40(47-37)54-25-31-14-8-18-49(31)2)51-20-19-50(30(22-51)16-17-45)23-34(52)53-24-28-10-4-3-5-11-28/h3-7,9-13,15,21,30-31H,8,14,16,18-20,22-26H2,1-2H3/t30-,31-/m0/s1. The number of benzene rings is 3. The molecule has 0 bridgehead atoms. The van der Waals surface area contributed by atoms with E-state index >= 15 is 0 Å². The van der Waals surface area contributed by atoms with Crippen molar-refractivity contribution in [3.63, 3.8) is 0 Å². The molecule has 4 heterocycles. The Balaban J connectivity index is 1.27. The molecule has 0 saturated carbocycles. The average molecular weight is 754 g/mol. The third-order valence-corrected chi connectivity index (χ3v) is 10.3. The van der Waals surface area contributed by atoms with Gasteiger partial charge < -0.3 is 24.0 Å². The molecule has 2 saturated heterocycles. The van der Waals surface area contributed by atoms with E-state index in [-0.39, 0.29) is 61.2 Å². The molecule has 286 valence electrons. The number of aryl methyl sites for hydroxylation is 1. The summed E-state index contributed by atoms with van der Waals surface area (Å²) in [5.74, 6) is -0.156. The summed E-state index contributed by atoms with van der Waals surface area (Å²) in [7, 11) is 2.02. The minimum absolute atomic E-state index is 0.00494. The van der Waals surface area contributed by atoms with Crippen LogP contribution < -0.4 is 14.4 Å². The molecule has 0 amide bonds. The van der Waals surface area contributed by atoms with Gasteiger partial charge in [-0.25, -0.2) is 0 Å². The molecule has 0 aliphatic carbocycles. The molecule has 2 atom stereocenters. The number of carbonyl (C=O) groups is 1. The second-order valence-corrected chi connectivity index (χ2v) is 14.1. The van der Waals surface area contributed by atoms with E-state index in [0.717, 1.165) is 41.3 Å². The van der Waals surface area contributed by atoms with E-state index in [1.807, 2.05) is 90.5 Å². The summed E-state index contributed by atoms with van der Waals surface area (Å²) in [6.07, 6.45) is -1.01. The number of halogens is 3. The number of esters is 1. The number of nitriles is 1. The first kappa shape index (κ1) is 37.8. The van der Waals surface area contributed by atoms with Crippen LogP contribution in [0.1, 0.15) is 30.4 Å². The predicted molar refractivity (Wildman–Crippen MR) is 202 cm³/mol. The fourth-order valence-corrected chi connectivity index (χ4v) is 7.45. The molecule has 14 heteroatoms.